The quantitative estimate of drug-likeness (QED) is 0.787. The molecule has 1 atom stereocenters. The van der Waals surface area contributed by atoms with E-state index in [4.69, 9.17) is 5.11 Å². The smallest absolute Gasteiger partial charge is 0.317 e. The molecule has 0 saturated heterocycles. The first-order valence-electron chi connectivity index (χ1n) is 5.44. The van der Waals surface area contributed by atoms with Crippen LogP contribution in [-0.4, -0.2) is 41.4 Å². The van der Waals surface area contributed by atoms with Crippen LogP contribution < -0.4 is 0 Å². The molecule has 0 aliphatic heterocycles. The van der Waals surface area contributed by atoms with Crippen LogP contribution in [0.3, 0.4) is 0 Å². The first-order valence-corrected chi connectivity index (χ1v) is 5.44. The van der Waals surface area contributed by atoms with E-state index in [1.54, 1.807) is 26.1 Å². The predicted molar refractivity (Wildman–Crippen MR) is 65.2 cm³/mol. The van der Waals surface area contributed by atoms with Crippen molar-refractivity contribution in [3.05, 3.63) is 35.4 Å². The number of Topliss-reactive ketones (excluding diaryl/α,β-unsaturated/α-hetero) is 1. The summed E-state index contributed by atoms with van der Waals surface area (Å²) in [5.41, 5.74) is 1.70. The molecule has 0 saturated carbocycles. The molecule has 1 N–H and O–H groups in total. The van der Waals surface area contributed by atoms with Gasteiger partial charge < -0.3 is 5.11 Å². The number of carboxylic acids is 1. The Morgan fingerprint density at radius 2 is 1.82 bits per heavy atom. The van der Waals surface area contributed by atoms with Gasteiger partial charge in [0.15, 0.2) is 5.78 Å². The zero-order chi connectivity index (χ0) is 13.0. The number of rotatable bonds is 5. The number of carboxylic acid groups (broad SMARTS) is 1. The molecule has 1 aromatic carbocycles. The lowest BCUT2D eigenvalue weighted by atomic mass is 10.0. The number of carbonyl (C=O) groups excluding carboxylic acids is 1. The minimum atomic E-state index is -0.934. The molecule has 0 fully saturated rings. The van der Waals surface area contributed by atoms with E-state index in [0.717, 1.165) is 5.56 Å². The lowest BCUT2D eigenvalue weighted by Gasteiger charge is -2.21. The second kappa shape index (κ2) is 5.59. The summed E-state index contributed by atoms with van der Waals surface area (Å²) in [6.45, 7) is 3.53. The maximum atomic E-state index is 12.0. The van der Waals surface area contributed by atoms with E-state index in [0.29, 0.717) is 5.56 Å². The number of hydrogen-bond donors (Lipinski definition) is 1. The molecule has 0 aliphatic rings. The number of nitrogens with zero attached hydrogens (tertiary/aromatic N) is 1. The monoisotopic (exact) mass is 235 g/mol. The fourth-order valence-electron chi connectivity index (χ4n) is 1.51. The molecular formula is C13H17NO3. The van der Waals surface area contributed by atoms with Crippen molar-refractivity contribution in [3.63, 3.8) is 0 Å². The molecule has 0 bridgehead atoms. The molecule has 4 nitrogen and oxygen atoms in total. The van der Waals surface area contributed by atoms with Crippen LogP contribution in [0.25, 0.3) is 0 Å². The van der Waals surface area contributed by atoms with E-state index < -0.39 is 12.0 Å². The lowest BCUT2D eigenvalue weighted by Crippen LogP contribution is -2.39. The van der Waals surface area contributed by atoms with Crippen LogP contribution in [-0.2, 0) is 4.79 Å². The third kappa shape index (κ3) is 3.67. The Bertz CT molecular complexity index is 411. The molecule has 1 unspecified atom stereocenters. The summed E-state index contributed by atoms with van der Waals surface area (Å²) in [6, 6.07) is 6.84. The summed E-state index contributed by atoms with van der Waals surface area (Å²) in [6.07, 6.45) is 0. The predicted octanol–water partition coefficient (Wildman–Crippen LogP) is 1.58. The highest BCUT2D eigenvalue weighted by Crippen LogP contribution is 2.09. The molecule has 0 spiro atoms. The highest BCUT2D eigenvalue weighted by atomic mass is 16.4. The zero-order valence-electron chi connectivity index (χ0n) is 10.3. The Labute approximate surface area is 101 Å². The van der Waals surface area contributed by atoms with Crippen LogP contribution in [0.15, 0.2) is 24.3 Å². The Kier molecular flexibility index (Phi) is 4.40. The molecule has 0 heterocycles. The van der Waals surface area contributed by atoms with Gasteiger partial charge in [0, 0.05) is 5.56 Å². The van der Waals surface area contributed by atoms with Crippen LogP contribution in [0.1, 0.15) is 22.8 Å². The standard InChI is InChI=1S/C13H17NO3/c1-9-4-6-11(7-5-9)13(17)10(2)14(3)8-12(15)16/h4-7,10H,8H2,1-3H3,(H,15,16). The summed E-state index contributed by atoms with van der Waals surface area (Å²) in [5.74, 6) is -0.996. The summed E-state index contributed by atoms with van der Waals surface area (Å²) >= 11 is 0. The first-order chi connectivity index (χ1) is 7.91. The zero-order valence-corrected chi connectivity index (χ0v) is 10.3. The molecule has 17 heavy (non-hydrogen) atoms. The van der Waals surface area contributed by atoms with Crippen molar-refractivity contribution in [2.45, 2.75) is 19.9 Å². The number of carbonyl (C=O) groups is 2. The van der Waals surface area contributed by atoms with Crippen molar-refractivity contribution in [3.8, 4) is 0 Å². The van der Waals surface area contributed by atoms with Gasteiger partial charge in [0.1, 0.15) is 0 Å². The van der Waals surface area contributed by atoms with E-state index in [2.05, 4.69) is 0 Å². The van der Waals surface area contributed by atoms with Gasteiger partial charge in [-0.15, -0.1) is 0 Å². The largest absolute Gasteiger partial charge is 0.480 e. The highest BCUT2D eigenvalue weighted by molar-refractivity contribution is 6.00. The molecule has 0 amide bonds. The first kappa shape index (κ1) is 13.4. The number of hydrogen-bond acceptors (Lipinski definition) is 3. The van der Waals surface area contributed by atoms with Gasteiger partial charge in [0.2, 0.25) is 0 Å². The Balaban J connectivity index is 2.75. The summed E-state index contributed by atoms with van der Waals surface area (Å²) in [7, 11) is 1.63. The number of aliphatic carboxylic acids is 1. The van der Waals surface area contributed by atoms with Crippen molar-refractivity contribution < 1.29 is 14.7 Å². The van der Waals surface area contributed by atoms with E-state index >= 15 is 0 Å². The van der Waals surface area contributed by atoms with Gasteiger partial charge in [-0.2, -0.15) is 0 Å². The molecule has 0 aliphatic carbocycles. The fraction of sp³-hybridized carbons (Fsp3) is 0.385. The summed E-state index contributed by atoms with van der Waals surface area (Å²) in [5, 5.41) is 8.67. The van der Waals surface area contributed by atoms with Crippen molar-refractivity contribution in [2.24, 2.45) is 0 Å². The van der Waals surface area contributed by atoms with Crippen molar-refractivity contribution >= 4 is 11.8 Å². The highest BCUT2D eigenvalue weighted by Gasteiger charge is 2.20. The van der Waals surface area contributed by atoms with Gasteiger partial charge in [-0.1, -0.05) is 29.8 Å². The topological polar surface area (TPSA) is 57.6 Å². The number of aryl methyl sites for hydroxylation is 1. The van der Waals surface area contributed by atoms with E-state index in [1.807, 2.05) is 19.1 Å². The minimum Gasteiger partial charge on any atom is -0.480 e. The molecule has 0 radical (unpaired) electrons. The van der Waals surface area contributed by atoms with Gasteiger partial charge in [-0.05, 0) is 20.9 Å². The third-order valence-corrected chi connectivity index (χ3v) is 2.76. The maximum absolute atomic E-state index is 12.0. The van der Waals surface area contributed by atoms with E-state index in [1.165, 1.54) is 4.90 Å². The summed E-state index contributed by atoms with van der Waals surface area (Å²) < 4.78 is 0. The van der Waals surface area contributed by atoms with Crippen molar-refractivity contribution in [1.82, 2.24) is 4.90 Å². The number of ketones is 1. The maximum Gasteiger partial charge on any atom is 0.317 e. The Morgan fingerprint density at radius 3 is 2.29 bits per heavy atom. The average molecular weight is 235 g/mol. The van der Waals surface area contributed by atoms with Gasteiger partial charge in [0.05, 0.1) is 12.6 Å². The van der Waals surface area contributed by atoms with Crippen LogP contribution >= 0.6 is 0 Å². The number of benzene rings is 1. The van der Waals surface area contributed by atoms with Crippen LogP contribution in [0, 0.1) is 6.92 Å². The third-order valence-electron chi connectivity index (χ3n) is 2.76. The molecule has 1 aromatic rings. The molecule has 0 aromatic heterocycles. The Hall–Kier alpha value is -1.68. The number of likely N-dealkylation sites (N-methyl/N-ethyl adjacent to an activating group) is 1. The van der Waals surface area contributed by atoms with Crippen LogP contribution in [0.5, 0.6) is 0 Å². The average Bonchev–Trinajstić information content (AvgIpc) is 2.27. The molecular weight excluding hydrogens is 218 g/mol. The minimum absolute atomic E-state index is 0.0613. The van der Waals surface area contributed by atoms with E-state index in [-0.39, 0.29) is 12.3 Å². The lowest BCUT2D eigenvalue weighted by molar-refractivity contribution is -0.138. The summed E-state index contributed by atoms with van der Waals surface area (Å²) in [4.78, 5) is 24.1. The molecule has 4 heteroatoms. The van der Waals surface area contributed by atoms with Crippen LogP contribution in [0.2, 0.25) is 0 Å². The van der Waals surface area contributed by atoms with Gasteiger partial charge in [-0.25, -0.2) is 0 Å². The van der Waals surface area contributed by atoms with Gasteiger partial charge in [-0.3, -0.25) is 14.5 Å². The second-order valence-corrected chi connectivity index (χ2v) is 4.22. The van der Waals surface area contributed by atoms with Gasteiger partial charge >= 0.3 is 5.97 Å². The molecule has 92 valence electrons. The van der Waals surface area contributed by atoms with Gasteiger partial charge in [0.25, 0.3) is 0 Å². The van der Waals surface area contributed by atoms with Crippen molar-refractivity contribution in [2.75, 3.05) is 13.6 Å². The Morgan fingerprint density at radius 1 is 1.29 bits per heavy atom. The van der Waals surface area contributed by atoms with E-state index in [9.17, 15) is 9.59 Å². The second-order valence-electron chi connectivity index (χ2n) is 4.22. The molecule has 1 rings (SSSR count). The van der Waals surface area contributed by atoms with Crippen LogP contribution in [0.4, 0.5) is 0 Å². The van der Waals surface area contributed by atoms with Crippen molar-refractivity contribution in [1.29, 1.82) is 0 Å². The SMILES string of the molecule is Cc1ccc(C(=O)C(C)N(C)CC(=O)O)cc1. The fourth-order valence-corrected chi connectivity index (χ4v) is 1.51. The normalized spacial score (nSPS) is 12.5.